The molecule has 0 saturated carbocycles. The van der Waals surface area contributed by atoms with E-state index in [1.165, 1.54) is 5.56 Å². The van der Waals surface area contributed by atoms with Gasteiger partial charge in [-0.2, -0.15) is 0 Å². The molecule has 0 fully saturated rings. The Morgan fingerprint density at radius 1 is 1.07 bits per heavy atom. The van der Waals surface area contributed by atoms with Gasteiger partial charge in [0.05, 0.1) is 20.8 Å². The van der Waals surface area contributed by atoms with E-state index in [1.54, 1.807) is 14.2 Å². The quantitative estimate of drug-likeness (QED) is 0.314. The minimum absolute atomic E-state index is 0. The lowest BCUT2D eigenvalue weighted by Gasteiger charge is -2.13. The van der Waals surface area contributed by atoms with E-state index in [1.807, 2.05) is 56.3 Å². The first-order chi connectivity index (χ1) is 13.0. The van der Waals surface area contributed by atoms with Crippen LogP contribution >= 0.6 is 24.0 Å². The Morgan fingerprint density at radius 2 is 1.75 bits per heavy atom. The van der Waals surface area contributed by atoms with Gasteiger partial charge in [0, 0.05) is 6.54 Å². The first-order valence-corrected chi connectivity index (χ1v) is 9.00. The van der Waals surface area contributed by atoms with Crippen LogP contribution in [-0.4, -0.2) is 39.4 Å². The van der Waals surface area contributed by atoms with Crippen molar-refractivity contribution in [1.29, 1.82) is 0 Å². The minimum atomic E-state index is -0.0566. The van der Waals surface area contributed by atoms with Crippen LogP contribution in [0.15, 0.2) is 47.5 Å². The summed E-state index contributed by atoms with van der Waals surface area (Å²) in [6, 6.07) is 13.8. The molecule has 2 aromatic rings. The Bertz CT molecular complexity index is 751. The summed E-state index contributed by atoms with van der Waals surface area (Å²) >= 11 is 0. The summed E-state index contributed by atoms with van der Waals surface area (Å²) in [6.45, 7) is 5.19. The summed E-state index contributed by atoms with van der Waals surface area (Å²) in [7, 11) is 3.25. The second-order valence-corrected chi connectivity index (χ2v) is 6.33. The van der Waals surface area contributed by atoms with Gasteiger partial charge in [0.15, 0.2) is 17.5 Å². The molecule has 1 unspecified atom stereocenters. The molecule has 0 aromatic heterocycles. The molecule has 0 saturated heterocycles. The average molecular weight is 499 g/mol. The smallest absolute Gasteiger partial charge is 0.188 e. The highest BCUT2D eigenvalue weighted by Gasteiger charge is 2.05. The summed E-state index contributed by atoms with van der Waals surface area (Å²) in [5.41, 5.74) is 8.27. The molecule has 6 nitrogen and oxygen atoms in total. The second-order valence-electron chi connectivity index (χ2n) is 6.33. The zero-order valence-corrected chi connectivity index (χ0v) is 19.2. The fourth-order valence-electron chi connectivity index (χ4n) is 2.54. The molecule has 154 valence electrons. The van der Waals surface area contributed by atoms with Gasteiger partial charge >= 0.3 is 0 Å². The van der Waals surface area contributed by atoms with Crippen LogP contribution in [0, 0.1) is 6.92 Å². The molecule has 0 aliphatic carbocycles. The van der Waals surface area contributed by atoms with Crippen molar-refractivity contribution >= 4 is 29.9 Å². The molecule has 0 aliphatic rings. The zero-order chi connectivity index (χ0) is 19.6. The fraction of sp³-hybridized carbons (Fsp3) is 0.381. The third-order valence-electron chi connectivity index (χ3n) is 4.04. The van der Waals surface area contributed by atoms with E-state index in [9.17, 15) is 0 Å². The van der Waals surface area contributed by atoms with Gasteiger partial charge in [-0.15, -0.1) is 24.0 Å². The van der Waals surface area contributed by atoms with Gasteiger partial charge in [-0.05, 0) is 50.1 Å². The number of nitrogens with zero attached hydrogens (tertiary/aromatic N) is 1. The lowest BCUT2D eigenvalue weighted by molar-refractivity contribution is 0.230. The molecule has 0 radical (unpaired) electrons. The monoisotopic (exact) mass is 499 g/mol. The fourth-order valence-corrected chi connectivity index (χ4v) is 2.54. The normalized spacial score (nSPS) is 11.9. The van der Waals surface area contributed by atoms with Crippen molar-refractivity contribution in [2.45, 2.75) is 26.4 Å². The number of hydrogen-bond acceptors (Lipinski definition) is 4. The number of rotatable bonds is 9. The number of ether oxygens (including phenoxy) is 3. The number of benzene rings is 2. The third kappa shape index (κ3) is 7.84. The summed E-state index contributed by atoms with van der Waals surface area (Å²) < 4.78 is 16.4. The molecule has 2 rings (SSSR count). The molecule has 0 spiro atoms. The summed E-state index contributed by atoms with van der Waals surface area (Å²) in [6.07, 6.45) is 0.741. The predicted molar refractivity (Wildman–Crippen MR) is 124 cm³/mol. The standard InChI is InChI=1S/C21H29N3O3.HI/c1-15-5-8-18(9-6-15)27-16(2)14-24-21(22)23-12-11-17-7-10-19(25-3)20(13-17)26-4;/h5-10,13,16H,11-12,14H2,1-4H3,(H3,22,23,24);1H. The van der Waals surface area contributed by atoms with Crippen LogP contribution in [0.2, 0.25) is 0 Å². The van der Waals surface area contributed by atoms with Crippen LogP contribution in [0.3, 0.4) is 0 Å². The van der Waals surface area contributed by atoms with Crippen molar-refractivity contribution in [3.8, 4) is 17.2 Å². The summed E-state index contributed by atoms with van der Waals surface area (Å²) in [5, 5.41) is 3.12. The highest BCUT2D eigenvalue weighted by molar-refractivity contribution is 14.0. The topological polar surface area (TPSA) is 78.1 Å². The zero-order valence-electron chi connectivity index (χ0n) is 16.9. The summed E-state index contributed by atoms with van der Waals surface area (Å²) in [5.74, 6) is 2.69. The van der Waals surface area contributed by atoms with Crippen LogP contribution in [0.4, 0.5) is 0 Å². The number of aryl methyl sites for hydroxylation is 1. The van der Waals surface area contributed by atoms with Gasteiger partial charge in [0.25, 0.3) is 0 Å². The summed E-state index contributed by atoms with van der Waals surface area (Å²) in [4.78, 5) is 4.34. The van der Waals surface area contributed by atoms with Gasteiger partial charge in [-0.3, -0.25) is 0 Å². The molecule has 28 heavy (non-hydrogen) atoms. The average Bonchev–Trinajstić information content (AvgIpc) is 2.68. The Kier molecular flexibility index (Phi) is 10.5. The van der Waals surface area contributed by atoms with E-state index in [2.05, 4.69) is 10.3 Å². The molecular formula is C21H30IN3O3. The van der Waals surface area contributed by atoms with Gasteiger partial charge in [-0.25, -0.2) is 4.99 Å². The van der Waals surface area contributed by atoms with Gasteiger partial charge in [-0.1, -0.05) is 23.8 Å². The number of methoxy groups -OCH3 is 2. The van der Waals surface area contributed by atoms with Gasteiger partial charge in [0.1, 0.15) is 11.9 Å². The molecule has 0 amide bonds. The van der Waals surface area contributed by atoms with Crippen molar-refractivity contribution < 1.29 is 14.2 Å². The molecule has 7 heteroatoms. The number of guanidine groups is 1. The van der Waals surface area contributed by atoms with E-state index in [0.717, 1.165) is 29.2 Å². The Morgan fingerprint density at radius 3 is 2.39 bits per heavy atom. The first kappa shape index (κ1) is 23.9. The minimum Gasteiger partial charge on any atom is -0.493 e. The number of hydrogen-bond donors (Lipinski definition) is 2. The first-order valence-electron chi connectivity index (χ1n) is 9.00. The van der Waals surface area contributed by atoms with E-state index in [0.29, 0.717) is 19.0 Å². The van der Waals surface area contributed by atoms with Crippen molar-refractivity contribution in [2.75, 3.05) is 27.3 Å². The molecule has 2 aromatic carbocycles. The number of nitrogens with one attached hydrogen (secondary N) is 1. The van der Waals surface area contributed by atoms with Crippen molar-refractivity contribution in [3.05, 3.63) is 53.6 Å². The highest BCUT2D eigenvalue weighted by atomic mass is 127. The maximum absolute atomic E-state index is 5.94. The molecular weight excluding hydrogens is 469 g/mol. The highest BCUT2D eigenvalue weighted by Crippen LogP contribution is 2.27. The SMILES string of the molecule is COc1ccc(CCNC(N)=NCC(C)Oc2ccc(C)cc2)cc1OC.I. The maximum atomic E-state index is 5.94. The Labute approximate surface area is 184 Å². The van der Waals surface area contributed by atoms with Crippen molar-refractivity contribution in [3.63, 3.8) is 0 Å². The molecule has 0 heterocycles. The third-order valence-corrected chi connectivity index (χ3v) is 4.04. The van der Waals surface area contributed by atoms with Crippen molar-refractivity contribution in [1.82, 2.24) is 5.32 Å². The largest absolute Gasteiger partial charge is 0.493 e. The lowest BCUT2D eigenvalue weighted by Crippen LogP contribution is -2.34. The van der Waals surface area contributed by atoms with Crippen LogP contribution in [0.1, 0.15) is 18.1 Å². The number of aliphatic imine (C=N–C) groups is 1. The Balaban J connectivity index is 0.00000392. The lowest BCUT2D eigenvalue weighted by atomic mass is 10.1. The molecule has 0 bridgehead atoms. The molecule has 3 N–H and O–H groups in total. The maximum Gasteiger partial charge on any atom is 0.188 e. The van der Waals surface area contributed by atoms with Crippen LogP contribution in [0.25, 0.3) is 0 Å². The van der Waals surface area contributed by atoms with Crippen LogP contribution < -0.4 is 25.3 Å². The molecule has 0 aliphatic heterocycles. The van der Waals surface area contributed by atoms with E-state index < -0.39 is 0 Å². The molecule has 1 atom stereocenters. The predicted octanol–water partition coefficient (Wildman–Crippen LogP) is 3.54. The number of nitrogens with two attached hydrogens (primary N) is 1. The number of halogens is 1. The van der Waals surface area contributed by atoms with Crippen LogP contribution in [0.5, 0.6) is 17.2 Å². The Hall–Kier alpha value is -2.16. The second kappa shape index (κ2) is 12.3. The van der Waals surface area contributed by atoms with Gasteiger partial charge in [0.2, 0.25) is 0 Å². The van der Waals surface area contributed by atoms with Crippen LogP contribution in [-0.2, 0) is 6.42 Å². The van der Waals surface area contributed by atoms with E-state index in [-0.39, 0.29) is 30.1 Å². The van der Waals surface area contributed by atoms with E-state index >= 15 is 0 Å². The van der Waals surface area contributed by atoms with Gasteiger partial charge < -0.3 is 25.3 Å². The van der Waals surface area contributed by atoms with Crippen molar-refractivity contribution in [2.24, 2.45) is 10.7 Å². The van der Waals surface area contributed by atoms with E-state index in [4.69, 9.17) is 19.9 Å².